The number of H-pyrrole nitrogens is 1. The predicted octanol–water partition coefficient (Wildman–Crippen LogP) is 0.596. The molecule has 1 unspecified atom stereocenters. The molecule has 0 saturated heterocycles. The molecule has 132 valence electrons. The lowest BCUT2D eigenvalue weighted by Gasteiger charge is -2.16. The van der Waals surface area contributed by atoms with Crippen molar-refractivity contribution in [1.29, 1.82) is 0 Å². The van der Waals surface area contributed by atoms with Crippen LogP contribution in [0.15, 0.2) is 60.9 Å². The molecule has 4 N–H and O–H groups in total. The second-order valence-corrected chi connectivity index (χ2v) is 5.62. The number of carbonyl (C=O) groups is 3. The number of hydrogen-bond donors (Lipinski definition) is 3. The molecule has 0 fully saturated rings. The van der Waals surface area contributed by atoms with Gasteiger partial charge >= 0.3 is 0 Å². The topological polar surface area (TPSA) is 123 Å². The Morgan fingerprint density at radius 2 is 1.88 bits per heavy atom. The predicted molar refractivity (Wildman–Crippen MR) is 93.5 cm³/mol. The SMILES string of the molecule is NC(=O)C(=O)C(Cc1ccc[nH]1)NC(=O)c1ccnn1-c1ccccc1. The molecule has 2 aromatic heterocycles. The van der Waals surface area contributed by atoms with E-state index in [1.165, 1.54) is 16.9 Å². The molecule has 0 radical (unpaired) electrons. The smallest absolute Gasteiger partial charge is 0.287 e. The maximum atomic E-state index is 12.7. The van der Waals surface area contributed by atoms with Crippen LogP contribution in [0, 0.1) is 0 Å². The van der Waals surface area contributed by atoms with Gasteiger partial charge in [0.1, 0.15) is 11.7 Å². The number of para-hydroxylation sites is 1. The van der Waals surface area contributed by atoms with E-state index in [4.69, 9.17) is 5.73 Å². The van der Waals surface area contributed by atoms with Crippen LogP contribution in [0.4, 0.5) is 0 Å². The van der Waals surface area contributed by atoms with Gasteiger partial charge in [-0.05, 0) is 30.3 Å². The summed E-state index contributed by atoms with van der Waals surface area (Å²) >= 11 is 0. The zero-order valence-corrected chi connectivity index (χ0v) is 13.8. The van der Waals surface area contributed by atoms with Crippen molar-refractivity contribution in [3.05, 3.63) is 72.3 Å². The highest BCUT2D eigenvalue weighted by molar-refractivity contribution is 6.38. The number of Topliss-reactive ketones (excluding diaryl/α,β-unsaturated/α-hetero) is 1. The van der Waals surface area contributed by atoms with Crippen molar-refractivity contribution in [2.75, 3.05) is 0 Å². The Labute approximate surface area is 149 Å². The minimum absolute atomic E-state index is 0.125. The van der Waals surface area contributed by atoms with E-state index in [9.17, 15) is 14.4 Å². The summed E-state index contributed by atoms with van der Waals surface area (Å²) in [6, 6.07) is 13.1. The molecule has 2 amide bonds. The van der Waals surface area contributed by atoms with Gasteiger partial charge in [-0.1, -0.05) is 18.2 Å². The fourth-order valence-electron chi connectivity index (χ4n) is 2.58. The van der Waals surface area contributed by atoms with E-state index >= 15 is 0 Å². The summed E-state index contributed by atoms with van der Waals surface area (Å²) in [7, 11) is 0. The minimum atomic E-state index is -1.10. The fourth-order valence-corrected chi connectivity index (χ4v) is 2.58. The lowest BCUT2D eigenvalue weighted by atomic mass is 10.1. The van der Waals surface area contributed by atoms with Crippen LogP contribution in [0.2, 0.25) is 0 Å². The van der Waals surface area contributed by atoms with E-state index in [2.05, 4.69) is 15.4 Å². The standard InChI is InChI=1S/C18H17N5O3/c19-17(25)16(24)14(11-12-5-4-9-20-12)22-18(26)15-8-10-21-23(15)13-6-2-1-3-7-13/h1-10,14,20H,11H2,(H2,19,25)(H,22,26). The number of ketones is 1. The van der Waals surface area contributed by atoms with E-state index in [1.54, 1.807) is 30.5 Å². The summed E-state index contributed by atoms with van der Waals surface area (Å²) in [5, 5.41) is 6.72. The molecule has 2 heterocycles. The Morgan fingerprint density at radius 1 is 1.12 bits per heavy atom. The molecule has 3 rings (SSSR count). The molecule has 0 spiro atoms. The van der Waals surface area contributed by atoms with Crippen LogP contribution in [0.25, 0.3) is 5.69 Å². The molecule has 0 aliphatic heterocycles. The van der Waals surface area contributed by atoms with E-state index in [1.807, 2.05) is 18.2 Å². The number of hydrogen-bond acceptors (Lipinski definition) is 4. The van der Waals surface area contributed by atoms with Crippen LogP contribution in [0.1, 0.15) is 16.2 Å². The van der Waals surface area contributed by atoms with Gasteiger partial charge in [-0.2, -0.15) is 5.10 Å². The van der Waals surface area contributed by atoms with Crippen molar-refractivity contribution in [1.82, 2.24) is 20.1 Å². The van der Waals surface area contributed by atoms with Crippen molar-refractivity contribution in [2.24, 2.45) is 5.73 Å². The summed E-state index contributed by atoms with van der Waals surface area (Å²) in [5.41, 5.74) is 6.75. The Morgan fingerprint density at radius 3 is 2.54 bits per heavy atom. The van der Waals surface area contributed by atoms with Gasteiger partial charge in [0.25, 0.3) is 11.8 Å². The molecular weight excluding hydrogens is 334 g/mol. The van der Waals surface area contributed by atoms with Gasteiger partial charge in [-0.3, -0.25) is 14.4 Å². The molecule has 3 aromatic rings. The zero-order valence-electron chi connectivity index (χ0n) is 13.8. The van der Waals surface area contributed by atoms with Gasteiger partial charge in [-0.25, -0.2) is 4.68 Å². The van der Waals surface area contributed by atoms with Crippen LogP contribution in [0.5, 0.6) is 0 Å². The zero-order chi connectivity index (χ0) is 18.5. The van der Waals surface area contributed by atoms with Crippen LogP contribution >= 0.6 is 0 Å². The van der Waals surface area contributed by atoms with Gasteiger partial charge in [-0.15, -0.1) is 0 Å². The lowest BCUT2D eigenvalue weighted by Crippen LogP contribution is -2.47. The molecule has 1 atom stereocenters. The highest BCUT2D eigenvalue weighted by Gasteiger charge is 2.27. The Balaban J connectivity index is 1.83. The molecule has 1 aromatic carbocycles. The molecule has 8 nitrogen and oxygen atoms in total. The minimum Gasteiger partial charge on any atom is -0.365 e. The van der Waals surface area contributed by atoms with Gasteiger partial charge < -0.3 is 16.0 Å². The van der Waals surface area contributed by atoms with Crippen molar-refractivity contribution < 1.29 is 14.4 Å². The molecule has 0 bridgehead atoms. The van der Waals surface area contributed by atoms with E-state index in [0.29, 0.717) is 11.4 Å². The third kappa shape index (κ3) is 3.69. The Bertz CT molecular complexity index is 915. The number of benzene rings is 1. The van der Waals surface area contributed by atoms with Gasteiger partial charge in [0.2, 0.25) is 5.78 Å². The van der Waals surface area contributed by atoms with Crippen molar-refractivity contribution in [2.45, 2.75) is 12.5 Å². The third-order valence-electron chi connectivity index (χ3n) is 3.83. The average molecular weight is 351 g/mol. The highest BCUT2D eigenvalue weighted by Crippen LogP contribution is 2.11. The molecule has 8 heteroatoms. The van der Waals surface area contributed by atoms with E-state index in [-0.39, 0.29) is 12.1 Å². The number of primary amides is 1. The first-order chi connectivity index (χ1) is 12.6. The summed E-state index contributed by atoms with van der Waals surface area (Å²) < 4.78 is 1.45. The number of aromatic nitrogens is 3. The maximum Gasteiger partial charge on any atom is 0.287 e. The third-order valence-corrected chi connectivity index (χ3v) is 3.83. The molecule has 0 saturated carbocycles. The molecule has 0 aliphatic carbocycles. The first-order valence-electron chi connectivity index (χ1n) is 7.92. The summed E-state index contributed by atoms with van der Waals surface area (Å²) in [6.07, 6.45) is 3.30. The highest BCUT2D eigenvalue weighted by atomic mass is 16.2. The number of amides is 2. The molecular formula is C18H17N5O3. The number of nitrogens with two attached hydrogens (primary N) is 1. The first-order valence-corrected chi connectivity index (χ1v) is 7.92. The van der Waals surface area contributed by atoms with Crippen LogP contribution in [-0.4, -0.2) is 38.4 Å². The largest absolute Gasteiger partial charge is 0.365 e. The van der Waals surface area contributed by atoms with Crippen molar-refractivity contribution >= 4 is 17.6 Å². The number of nitrogens with zero attached hydrogens (tertiary/aromatic N) is 2. The normalized spacial score (nSPS) is 11.7. The van der Waals surface area contributed by atoms with Crippen LogP contribution < -0.4 is 11.1 Å². The summed E-state index contributed by atoms with van der Waals surface area (Å²) in [5.74, 6) is -2.49. The fraction of sp³-hybridized carbons (Fsp3) is 0.111. The Hall–Kier alpha value is -3.68. The van der Waals surface area contributed by atoms with Gasteiger partial charge in [0.15, 0.2) is 0 Å². The number of nitrogens with one attached hydrogen (secondary N) is 2. The average Bonchev–Trinajstić information content (AvgIpc) is 3.32. The van der Waals surface area contributed by atoms with Crippen molar-refractivity contribution in [3.63, 3.8) is 0 Å². The van der Waals surface area contributed by atoms with E-state index in [0.717, 1.165) is 0 Å². The quantitative estimate of drug-likeness (QED) is 0.539. The second-order valence-electron chi connectivity index (χ2n) is 5.62. The van der Waals surface area contributed by atoms with Crippen LogP contribution in [0.3, 0.4) is 0 Å². The van der Waals surface area contributed by atoms with E-state index < -0.39 is 23.6 Å². The Kier molecular flexibility index (Phi) is 4.93. The number of carbonyl (C=O) groups excluding carboxylic acids is 3. The monoisotopic (exact) mass is 351 g/mol. The first kappa shape index (κ1) is 17.2. The molecule has 0 aliphatic rings. The lowest BCUT2D eigenvalue weighted by molar-refractivity contribution is -0.137. The maximum absolute atomic E-state index is 12.7. The molecule has 26 heavy (non-hydrogen) atoms. The summed E-state index contributed by atoms with van der Waals surface area (Å²) in [6.45, 7) is 0. The summed E-state index contributed by atoms with van der Waals surface area (Å²) in [4.78, 5) is 39.0. The van der Waals surface area contributed by atoms with Gasteiger partial charge in [0.05, 0.1) is 11.9 Å². The van der Waals surface area contributed by atoms with Gasteiger partial charge in [0, 0.05) is 18.3 Å². The number of aromatic amines is 1. The van der Waals surface area contributed by atoms with Crippen LogP contribution in [-0.2, 0) is 16.0 Å². The second kappa shape index (κ2) is 7.47. The van der Waals surface area contributed by atoms with Crippen molar-refractivity contribution in [3.8, 4) is 5.69 Å². The number of rotatable bonds is 7.